The summed E-state index contributed by atoms with van der Waals surface area (Å²) in [5.41, 5.74) is 16.9. The molecule has 11 nitrogen and oxygen atoms in total. The Balaban J connectivity index is 0.000000157. The third-order valence-corrected chi connectivity index (χ3v) is 13.7. The van der Waals surface area contributed by atoms with Crippen LogP contribution in [0.5, 0.6) is 0 Å². The van der Waals surface area contributed by atoms with E-state index in [-0.39, 0.29) is 17.7 Å². The van der Waals surface area contributed by atoms with E-state index < -0.39 is 6.61 Å². The summed E-state index contributed by atoms with van der Waals surface area (Å²) in [6.07, 6.45) is 2.22. The van der Waals surface area contributed by atoms with E-state index in [1.807, 2.05) is 48.5 Å². The number of likely N-dealkylation sites (N-methyl/N-ethyl adjacent to an activating group) is 2. The quantitative estimate of drug-likeness (QED) is 0.105. The summed E-state index contributed by atoms with van der Waals surface area (Å²) in [5, 5.41) is 9.10. The van der Waals surface area contributed by atoms with Gasteiger partial charge in [-0.1, -0.05) is 95.6 Å². The lowest BCUT2D eigenvalue weighted by Gasteiger charge is -2.21. The number of esters is 2. The third kappa shape index (κ3) is 14.5. The van der Waals surface area contributed by atoms with Crippen LogP contribution in [0, 0.1) is 20.8 Å². The molecule has 6 aromatic rings. The summed E-state index contributed by atoms with van der Waals surface area (Å²) in [6, 6.07) is 43.6. The molecule has 71 heavy (non-hydrogen) atoms. The van der Waals surface area contributed by atoms with Crippen LogP contribution in [0.2, 0.25) is 0 Å². The highest BCUT2D eigenvalue weighted by atomic mass is 16.5. The number of benzene rings is 6. The predicted molar refractivity (Wildman–Crippen MR) is 284 cm³/mol. The Labute approximate surface area is 421 Å². The number of ketones is 1. The molecule has 6 aromatic carbocycles. The lowest BCUT2D eigenvalue weighted by molar-refractivity contribution is 0.0591. The van der Waals surface area contributed by atoms with Crippen LogP contribution >= 0.6 is 0 Å². The number of rotatable bonds is 10. The van der Waals surface area contributed by atoms with E-state index in [0.717, 1.165) is 96.1 Å². The lowest BCUT2D eigenvalue weighted by Crippen LogP contribution is -2.28. The van der Waals surface area contributed by atoms with Gasteiger partial charge in [0.05, 0.1) is 25.3 Å². The van der Waals surface area contributed by atoms with Crippen LogP contribution in [0.4, 0.5) is 11.4 Å². The predicted octanol–water partition coefficient (Wildman–Crippen LogP) is 9.59. The normalized spacial score (nSPS) is 14.9. The van der Waals surface area contributed by atoms with E-state index in [1.165, 1.54) is 70.0 Å². The Morgan fingerprint density at radius 3 is 1.28 bits per heavy atom. The highest BCUT2D eigenvalue weighted by Gasteiger charge is 2.22. The summed E-state index contributed by atoms with van der Waals surface area (Å²) in [7, 11) is 7.04. The minimum atomic E-state index is -0.443. The van der Waals surface area contributed by atoms with Gasteiger partial charge in [-0.3, -0.25) is 19.5 Å². The van der Waals surface area contributed by atoms with Crippen molar-refractivity contribution in [3.63, 3.8) is 0 Å². The van der Waals surface area contributed by atoms with E-state index in [4.69, 9.17) is 14.6 Å². The smallest absolute Gasteiger partial charge is 0.337 e. The van der Waals surface area contributed by atoms with Crippen molar-refractivity contribution in [2.45, 2.75) is 72.9 Å². The van der Waals surface area contributed by atoms with Gasteiger partial charge < -0.3 is 24.4 Å². The van der Waals surface area contributed by atoms with Gasteiger partial charge in [-0.05, 0) is 128 Å². The molecule has 0 fully saturated rings. The van der Waals surface area contributed by atoms with Crippen molar-refractivity contribution in [3.8, 4) is 0 Å². The highest BCUT2D eigenvalue weighted by Crippen LogP contribution is 2.29. The molecule has 1 N–H and O–H groups in total. The Bertz CT molecular complexity index is 2610. The number of nitrogens with zero attached hydrogens (tertiary/aromatic N) is 5. The second-order valence-corrected chi connectivity index (χ2v) is 19.3. The molecule has 0 saturated heterocycles. The molecular weight excluding hydrogens is 887 g/mol. The number of Topliss-reactive ketones (excluding diaryl/α,β-unsaturated/α-hetero) is 1. The van der Waals surface area contributed by atoms with Crippen molar-refractivity contribution in [2.24, 2.45) is 0 Å². The summed E-state index contributed by atoms with van der Waals surface area (Å²) in [5.74, 6) is -0.772. The third-order valence-electron chi connectivity index (χ3n) is 13.7. The van der Waals surface area contributed by atoms with Crippen molar-refractivity contribution in [1.82, 2.24) is 14.7 Å². The molecule has 9 rings (SSSR count). The number of carbonyl (C=O) groups excluding carboxylic acids is 3. The first-order valence-corrected chi connectivity index (χ1v) is 24.7. The molecule has 3 heterocycles. The molecule has 0 spiro atoms. The Kier molecular flexibility index (Phi) is 18.4. The largest absolute Gasteiger partial charge is 0.465 e. The van der Waals surface area contributed by atoms with Gasteiger partial charge in [0.2, 0.25) is 0 Å². The summed E-state index contributed by atoms with van der Waals surface area (Å²) in [4.78, 5) is 47.1. The van der Waals surface area contributed by atoms with Gasteiger partial charge in [-0.25, -0.2) is 9.59 Å². The molecule has 0 amide bonds. The molecule has 3 aliphatic heterocycles. The number of aryl methyl sites for hydroxylation is 4. The van der Waals surface area contributed by atoms with Gasteiger partial charge in [0.15, 0.2) is 5.78 Å². The summed E-state index contributed by atoms with van der Waals surface area (Å²) >= 11 is 0. The number of ether oxygens (including phenoxy) is 2. The van der Waals surface area contributed by atoms with Crippen LogP contribution < -0.4 is 9.80 Å². The number of carbonyl (C=O) groups is 3. The van der Waals surface area contributed by atoms with E-state index in [2.05, 4.69) is 138 Å². The number of hydrogen-bond acceptors (Lipinski definition) is 11. The SMILES string of the molecule is COC(=O)c1ccc2c(c1)CN(Cc1ccc(C)cc1)CCC2.COC(=O)c1ccc2c(c1)CN(Cc1ccc(C)cc1)CCN2C.Cc1ccc(CN2CCN(C)c3ccc(C(=O)CO)cc3C2)cc1. The molecule has 0 aromatic heterocycles. The molecule has 0 radical (unpaired) electrons. The Morgan fingerprint density at radius 2 is 0.845 bits per heavy atom. The zero-order valence-electron chi connectivity index (χ0n) is 42.7. The fraction of sp³-hybridized carbons (Fsp3) is 0.350. The fourth-order valence-electron chi connectivity index (χ4n) is 9.48. The van der Waals surface area contributed by atoms with Crippen LogP contribution in [0.25, 0.3) is 0 Å². The first-order chi connectivity index (χ1) is 34.3. The van der Waals surface area contributed by atoms with Crippen LogP contribution in [0.15, 0.2) is 127 Å². The minimum absolute atomic E-state index is 0.227. The zero-order chi connectivity index (χ0) is 50.4. The van der Waals surface area contributed by atoms with Crippen molar-refractivity contribution in [3.05, 3.63) is 200 Å². The Morgan fingerprint density at radius 1 is 0.465 bits per heavy atom. The van der Waals surface area contributed by atoms with Crippen molar-refractivity contribution in [1.29, 1.82) is 0 Å². The fourth-order valence-corrected chi connectivity index (χ4v) is 9.48. The van der Waals surface area contributed by atoms with Gasteiger partial charge in [-0.2, -0.15) is 0 Å². The molecule has 3 aliphatic rings. The second kappa shape index (κ2) is 25.0. The average Bonchev–Trinajstić information content (AvgIpc) is 3.76. The summed E-state index contributed by atoms with van der Waals surface area (Å²) < 4.78 is 9.69. The lowest BCUT2D eigenvalue weighted by atomic mass is 10.0. The van der Waals surface area contributed by atoms with Crippen molar-refractivity contribution in [2.75, 3.05) is 77.4 Å². The van der Waals surface area contributed by atoms with Gasteiger partial charge >= 0.3 is 11.9 Å². The minimum Gasteiger partial charge on any atom is -0.465 e. The maximum Gasteiger partial charge on any atom is 0.337 e. The van der Waals surface area contributed by atoms with Gasteiger partial charge in [0.25, 0.3) is 0 Å². The second-order valence-electron chi connectivity index (χ2n) is 19.3. The number of aliphatic hydroxyl groups is 1. The van der Waals surface area contributed by atoms with Gasteiger partial charge in [-0.15, -0.1) is 0 Å². The first kappa shape index (κ1) is 52.2. The molecule has 0 bridgehead atoms. The maximum atomic E-state index is 11.8. The van der Waals surface area contributed by atoms with Crippen molar-refractivity contribution >= 4 is 29.1 Å². The van der Waals surface area contributed by atoms with E-state index in [9.17, 15) is 14.4 Å². The average molecular weight is 958 g/mol. The first-order valence-electron chi connectivity index (χ1n) is 24.7. The number of hydrogen-bond donors (Lipinski definition) is 1. The van der Waals surface area contributed by atoms with Gasteiger partial charge in [0.1, 0.15) is 6.61 Å². The van der Waals surface area contributed by atoms with Crippen LogP contribution in [0.3, 0.4) is 0 Å². The van der Waals surface area contributed by atoms with E-state index in [0.29, 0.717) is 16.7 Å². The van der Waals surface area contributed by atoms with Crippen molar-refractivity contribution < 1.29 is 29.0 Å². The van der Waals surface area contributed by atoms with Gasteiger partial charge in [0, 0.05) is 96.5 Å². The molecule has 372 valence electrons. The van der Waals surface area contributed by atoms with Crippen LogP contribution in [-0.2, 0) is 55.2 Å². The molecule has 0 unspecified atom stereocenters. The standard InChI is InChI=1S/2C20H24N2O2.C20H23NO2/c1-15-4-6-16(7-5-15)13-22-11-10-21(2)19-9-8-17(20(23)24-3)12-18(19)14-22;1-15-3-5-16(6-4-15)12-22-10-9-21(2)19-8-7-17(20(24)14-23)11-18(19)13-22;1-15-5-7-16(8-6-15)13-21-11-3-4-17-9-10-18(20(22)23-2)12-19(17)14-21/h4-9,12H,10-11,13-14H2,1-3H3;3-8,11,23H,9-10,12-14H2,1-2H3;5-10,12H,3-4,11,13-14H2,1-2H3. The maximum absolute atomic E-state index is 11.8. The summed E-state index contributed by atoms with van der Waals surface area (Å²) in [6.45, 7) is 16.1. The van der Waals surface area contributed by atoms with Crippen LogP contribution in [-0.4, -0.2) is 105 Å². The monoisotopic (exact) mass is 958 g/mol. The number of fused-ring (bicyclic) bond motifs is 3. The number of anilines is 2. The molecule has 11 heteroatoms. The number of aliphatic hydroxyl groups excluding tert-OH is 1. The molecular formula is C60H71N5O6. The Hall–Kier alpha value is -6.63. The molecule has 0 atom stereocenters. The topological polar surface area (TPSA) is 106 Å². The van der Waals surface area contributed by atoms with E-state index >= 15 is 0 Å². The molecule has 0 aliphatic carbocycles. The highest BCUT2D eigenvalue weighted by molar-refractivity contribution is 5.97. The number of methoxy groups -OCH3 is 2. The zero-order valence-corrected chi connectivity index (χ0v) is 42.7. The van der Waals surface area contributed by atoms with E-state index in [1.54, 1.807) is 0 Å². The molecule has 0 saturated carbocycles. The van der Waals surface area contributed by atoms with Crippen LogP contribution in [0.1, 0.15) is 93.1 Å².